The second-order valence-corrected chi connectivity index (χ2v) is 14.9. The summed E-state index contributed by atoms with van der Waals surface area (Å²) in [7, 11) is -2.25. The molecule has 7 heteroatoms. The van der Waals surface area contributed by atoms with E-state index in [1.165, 1.54) is 0 Å². The Kier molecular flexibility index (Phi) is 4.86. The molecule has 1 aromatic heterocycles. The van der Waals surface area contributed by atoms with Gasteiger partial charge in [0.15, 0.2) is 0 Å². The lowest BCUT2D eigenvalue weighted by Crippen LogP contribution is -2.45. The van der Waals surface area contributed by atoms with Crippen LogP contribution < -0.4 is 10.8 Å². The monoisotopic (exact) mass is 365 g/mol. The zero-order chi connectivity index (χ0) is 19.4. The van der Waals surface area contributed by atoms with Gasteiger partial charge in [-0.25, -0.2) is 4.79 Å². The van der Waals surface area contributed by atoms with Crippen molar-refractivity contribution < 1.29 is 18.8 Å². The van der Waals surface area contributed by atoms with E-state index < -0.39 is 32.0 Å². The Hall–Kier alpha value is -1.05. The molecule has 1 aliphatic heterocycles. The van der Waals surface area contributed by atoms with Gasteiger partial charge in [0, 0.05) is 17.0 Å². The van der Waals surface area contributed by atoms with Crippen LogP contribution >= 0.6 is 0 Å². The third-order valence-electron chi connectivity index (χ3n) is 4.73. The summed E-state index contributed by atoms with van der Waals surface area (Å²) < 4.78 is 19.5. The molecular formula is C18H32BNO4Si. The van der Waals surface area contributed by atoms with Crippen LogP contribution in [0.15, 0.2) is 12.3 Å². The van der Waals surface area contributed by atoms with Gasteiger partial charge in [-0.05, 0) is 54.5 Å². The molecule has 0 aromatic carbocycles. The molecule has 0 aliphatic carbocycles. The maximum Gasteiger partial charge on any atom is 0.496 e. The summed E-state index contributed by atoms with van der Waals surface area (Å²) in [5, 5.41) is 1.01. The summed E-state index contributed by atoms with van der Waals surface area (Å²) in [6, 6.07) is 2.04. The predicted molar refractivity (Wildman–Crippen MR) is 105 cm³/mol. The summed E-state index contributed by atoms with van der Waals surface area (Å²) in [6.07, 6.45) is 1.46. The molecule has 0 N–H and O–H groups in total. The Morgan fingerprint density at radius 2 is 1.60 bits per heavy atom. The fourth-order valence-corrected chi connectivity index (χ4v) is 4.11. The first-order chi connectivity index (χ1) is 11.0. The van der Waals surface area contributed by atoms with Crippen LogP contribution in [0, 0.1) is 0 Å². The largest absolute Gasteiger partial charge is 0.496 e. The fraction of sp³-hybridized carbons (Fsp3) is 0.722. The maximum atomic E-state index is 12.7. The number of hydrogen-bond donors (Lipinski definition) is 0. The SMILES string of the molecule is CC(C)(C)OC(=O)n1cc(B2OC(C)(C)C(C)(C)O2)cc1[Si](C)(C)C. The van der Waals surface area contributed by atoms with Gasteiger partial charge in [0.2, 0.25) is 0 Å². The number of nitrogens with zero attached hydrogens (tertiary/aromatic N) is 1. The fourth-order valence-electron chi connectivity index (χ4n) is 2.63. The molecule has 0 amide bonds. The molecule has 0 bridgehead atoms. The topological polar surface area (TPSA) is 49.7 Å². The molecule has 1 fully saturated rings. The van der Waals surface area contributed by atoms with E-state index in [-0.39, 0.29) is 6.09 Å². The molecule has 1 saturated heterocycles. The molecule has 0 atom stereocenters. The lowest BCUT2D eigenvalue weighted by molar-refractivity contribution is 0.00578. The van der Waals surface area contributed by atoms with Crippen molar-refractivity contribution in [2.45, 2.75) is 84.9 Å². The van der Waals surface area contributed by atoms with Crippen LogP contribution in [0.2, 0.25) is 19.6 Å². The summed E-state index contributed by atoms with van der Waals surface area (Å²) in [5.41, 5.74) is -0.500. The van der Waals surface area contributed by atoms with Gasteiger partial charge in [-0.15, -0.1) is 0 Å². The summed E-state index contributed by atoms with van der Waals surface area (Å²) >= 11 is 0. The molecule has 2 heterocycles. The van der Waals surface area contributed by atoms with Gasteiger partial charge in [-0.1, -0.05) is 19.6 Å². The lowest BCUT2D eigenvalue weighted by Gasteiger charge is -2.32. The van der Waals surface area contributed by atoms with Crippen molar-refractivity contribution in [3.63, 3.8) is 0 Å². The molecule has 140 valence electrons. The van der Waals surface area contributed by atoms with E-state index in [0.717, 1.165) is 10.8 Å². The number of aromatic nitrogens is 1. The Balaban J connectivity index is 2.42. The first kappa shape index (κ1) is 20.3. The highest BCUT2D eigenvalue weighted by Gasteiger charge is 2.52. The van der Waals surface area contributed by atoms with Gasteiger partial charge in [0.05, 0.1) is 19.3 Å². The Morgan fingerprint density at radius 3 is 2.00 bits per heavy atom. The zero-order valence-corrected chi connectivity index (χ0v) is 18.3. The summed E-state index contributed by atoms with van der Waals surface area (Å²) in [5.74, 6) is 0. The van der Waals surface area contributed by atoms with Crippen molar-refractivity contribution in [3.8, 4) is 0 Å². The van der Waals surface area contributed by atoms with E-state index in [9.17, 15) is 4.79 Å². The number of carbonyl (C=O) groups is 1. The van der Waals surface area contributed by atoms with Crippen molar-refractivity contribution in [2.24, 2.45) is 0 Å². The zero-order valence-electron chi connectivity index (χ0n) is 17.3. The molecule has 2 rings (SSSR count). The number of carbonyl (C=O) groups excluding carboxylic acids is 1. The van der Waals surface area contributed by atoms with Crippen LogP contribution in [-0.4, -0.2) is 42.7 Å². The predicted octanol–water partition coefficient (Wildman–Crippen LogP) is 3.12. The van der Waals surface area contributed by atoms with Gasteiger partial charge >= 0.3 is 13.2 Å². The second-order valence-electron chi connectivity index (χ2n) is 9.85. The van der Waals surface area contributed by atoms with Crippen molar-refractivity contribution in [3.05, 3.63) is 12.3 Å². The Bertz CT molecular complexity index is 652. The molecule has 1 aromatic rings. The van der Waals surface area contributed by atoms with Gasteiger partial charge in [-0.2, -0.15) is 0 Å². The first-order valence-corrected chi connectivity index (χ1v) is 12.4. The normalized spacial score (nSPS) is 20.0. The van der Waals surface area contributed by atoms with Crippen LogP contribution in [0.1, 0.15) is 48.5 Å². The van der Waals surface area contributed by atoms with E-state index in [2.05, 4.69) is 19.6 Å². The van der Waals surface area contributed by atoms with Crippen molar-refractivity contribution in [2.75, 3.05) is 0 Å². The molecule has 5 nitrogen and oxygen atoms in total. The highest BCUT2D eigenvalue weighted by atomic mass is 28.3. The van der Waals surface area contributed by atoms with Gasteiger partial charge in [-0.3, -0.25) is 4.57 Å². The molecule has 0 spiro atoms. The molecular weight excluding hydrogens is 333 g/mol. The third kappa shape index (κ3) is 4.20. The summed E-state index contributed by atoms with van der Waals surface area (Å²) in [6.45, 7) is 20.3. The number of hydrogen-bond acceptors (Lipinski definition) is 4. The quantitative estimate of drug-likeness (QED) is 0.756. The van der Waals surface area contributed by atoms with Crippen LogP contribution in [0.5, 0.6) is 0 Å². The minimum atomic E-state index is -1.77. The van der Waals surface area contributed by atoms with Gasteiger partial charge < -0.3 is 14.0 Å². The Morgan fingerprint density at radius 1 is 1.12 bits per heavy atom. The Labute approximate surface area is 153 Å². The van der Waals surface area contributed by atoms with Crippen LogP contribution in [-0.2, 0) is 14.0 Å². The second kappa shape index (κ2) is 6.00. The van der Waals surface area contributed by atoms with E-state index in [4.69, 9.17) is 14.0 Å². The van der Waals surface area contributed by atoms with Crippen molar-refractivity contribution in [1.29, 1.82) is 0 Å². The molecule has 0 unspecified atom stereocenters. The van der Waals surface area contributed by atoms with E-state index in [1.807, 2.05) is 60.7 Å². The van der Waals surface area contributed by atoms with E-state index >= 15 is 0 Å². The van der Waals surface area contributed by atoms with Gasteiger partial charge in [0.25, 0.3) is 0 Å². The number of rotatable bonds is 2. The van der Waals surface area contributed by atoms with Crippen LogP contribution in [0.25, 0.3) is 0 Å². The smallest absolute Gasteiger partial charge is 0.443 e. The van der Waals surface area contributed by atoms with Crippen molar-refractivity contribution >= 4 is 32.1 Å². The summed E-state index contributed by atoms with van der Waals surface area (Å²) in [4.78, 5) is 12.7. The molecule has 25 heavy (non-hydrogen) atoms. The highest BCUT2D eigenvalue weighted by Crippen LogP contribution is 2.36. The van der Waals surface area contributed by atoms with Crippen LogP contribution in [0.3, 0.4) is 0 Å². The standard InChI is InChI=1S/C18H32BNO4Si/c1-16(2,3)22-15(21)20-12-13(11-14(20)25(8,9)10)19-23-17(4,5)18(6,7)24-19/h11-12H,1-10H3. The number of ether oxygens (including phenoxy) is 1. The average molecular weight is 365 g/mol. The van der Waals surface area contributed by atoms with Crippen molar-refractivity contribution in [1.82, 2.24) is 4.57 Å². The van der Waals surface area contributed by atoms with E-state index in [0.29, 0.717) is 0 Å². The van der Waals surface area contributed by atoms with Gasteiger partial charge in [0.1, 0.15) is 5.60 Å². The minimum Gasteiger partial charge on any atom is -0.443 e. The van der Waals surface area contributed by atoms with E-state index in [1.54, 1.807) is 4.57 Å². The average Bonchev–Trinajstić information content (AvgIpc) is 2.87. The maximum absolute atomic E-state index is 12.7. The lowest BCUT2D eigenvalue weighted by atomic mass is 9.81. The molecule has 0 radical (unpaired) electrons. The first-order valence-electron chi connectivity index (χ1n) is 8.85. The third-order valence-corrected chi connectivity index (χ3v) is 6.65. The molecule has 0 saturated carbocycles. The van der Waals surface area contributed by atoms with Crippen LogP contribution in [0.4, 0.5) is 4.79 Å². The molecule has 1 aliphatic rings. The highest BCUT2D eigenvalue weighted by molar-refractivity contribution is 6.88. The minimum absolute atomic E-state index is 0.354.